The molecule has 266 valence electrons. The van der Waals surface area contributed by atoms with Gasteiger partial charge in [-0.3, -0.25) is 9.59 Å². The van der Waals surface area contributed by atoms with E-state index in [2.05, 4.69) is 10.6 Å². The minimum atomic E-state index is -1.13. The maximum absolute atomic E-state index is 14.9. The predicted molar refractivity (Wildman–Crippen MR) is 194 cm³/mol. The second-order valence-electron chi connectivity index (χ2n) is 14.8. The summed E-state index contributed by atoms with van der Waals surface area (Å²) >= 11 is 1.55. The number of esters is 1. The van der Waals surface area contributed by atoms with Crippen molar-refractivity contribution >= 4 is 35.6 Å². The lowest BCUT2D eigenvalue weighted by molar-refractivity contribution is -0.159. The van der Waals surface area contributed by atoms with Crippen LogP contribution >= 0.6 is 11.8 Å². The molecule has 0 radical (unpaired) electrons. The summed E-state index contributed by atoms with van der Waals surface area (Å²) in [5.41, 5.74) is 0.742. The van der Waals surface area contributed by atoms with Crippen molar-refractivity contribution in [3.63, 3.8) is 0 Å². The van der Waals surface area contributed by atoms with Gasteiger partial charge in [0, 0.05) is 12.0 Å². The van der Waals surface area contributed by atoms with Crippen molar-refractivity contribution in [2.75, 3.05) is 12.0 Å². The number of hydrogen-bond acceptors (Lipinski definition) is 7. The van der Waals surface area contributed by atoms with Crippen molar-refractivity contribution in [2.45, 2.75) is 130 Å². The van der Waals surface area contributed by atoms with Crippen LogP contribution in [-0.2, 0) is 30.3 Å². The first-order chi connectivity index (χ1) is 22.2. The van der Waals surface area contributed by atoms with E-state index in [1.165, 1.54) is 0 Å². The number of rotatable bonds is 14. The normalized spacial score (nSPS) is 13.9. The molecule has 2 aromatic rings. The van der Waals surface area contributed by atoms with Gasteiger partial charge in [-0.2, -0.15) is 11.8 Å². The van der Waals surface area contributed by atoms with E-state index < -0.39 is 58.7 Å². The molecular weight excluding hydrogens is 627 g/mol. The van der Waals surface area contributed by atoms with Crippen LogP contribution in [0, 0.1) is 13.8 Å². The van der Waals surface area contributed by atoms with Crippen LogP contribution in [0.4, 0.5) is 4.79 Å². The van der Waals surface area contributed by atoms with Crippen LogP contribution in [0.15, 0.2) is 48.5 Å². The molecule has 2 aromatic carbocycles. The third-order valence-corrected chi connectivity index (χ3v) is 8.61. The van der Waals surface area contributed by atoms with Gasteiger partial charge in [0.2, 0.25) is 11.8 Å². The van der Waals surface area contributed by atoms with Gasteiger partial charge in [-0.15, -0.1) is 0 Å². The molecule has 3 amide bonds. The van der Waals surface area contributed by atoms with E-state index in [1.54, 1.807) is 58.2 Å². The van der Waals surface area contributed by atoms with Gasteiger partial charge >= 0.3 is 12.1 Å². The zero-order chi connectivity index (χ0) is 36.4. The molecule has 0 bridgehead atoms. The molecule has 9 nitrogen and oxygen atoms in total. The number of nitrogens with zero attached hydrogens (tertiary/aromatic N) is 1. The summed E-state index contributed by atoms with van der Waals surface area (Å²) in [7, 11) is 0. The second kappa shape index (κ2) is 17.2. The molecule has 3 unspecified atom stereocenters. The Morgan fingerprint density at radius 1 is 0.792 bits per heavy atom. The third-order valence-electron chi connectivity index (χ3n) is 7.97. The van der Waals surface area contributed by atoms with Gasteiger partial charge in [0.1, 0.15) is 29.3 Å². The van der Waals surface area contributed by atoms with E-state index in [4.69, 9.17) is 9.47 Å². The van der Waals surface area contributed by atoms with Crippen LogP contribution in [0.3, 0.4) is 0 Å². The second-order valence-corrected chi connectivity index (χ2v) is 15.8. The van der Waals surface area contributed by atoms with Crippen molar-refractivity contribution in [1.29, 1.82) is 0 Å². The van der Waals surface area contributed by atoms with Crippen molar-refractivity contribution < 1.29 is 28.7 Å². The van der Waals surface area contributed by atoms with Crippen molar-refractivity contribution in [3.8, 4) is 0 Å². The first-order valence-electron chi connectivity index (χ1n) is 16.7. The van der Waals surface area contributed by atoms with Gasteiger partial charge in [0.15, 0.2) is 0 Å². The average molecular weight is 684 g/mol. The number of nitrogens with one attached hydrogen (secondary N) is 2. The number of ether oxygens (including phenoxy) is 2. The zero-order valence-corrected chi connectivity index (χ0v) is 31.8. The van der Waals surface area contributed by atoms with E-state index in [0.29, 0.717) is 24.2 Å². The van der Waals surface area contributed by atoms with Gasteiger partial charge in [0.05, 0.1) is 0 Å². The quantitative estimate of drug-likeness (QED) is 0.205. The van der Waals surface area contributed by atoms with Gasteiger partial charge in [-0.05, 0) is 116 Å². The minimum absolute atomic E-state index is 0.197. The Morgan fingerprint density at radius 3 is 1.85 bits per heavy atom. The van der Waals surface area contributed by atoms with Gasteiger partial charge in [-0.1, -0.05) is 55.5 Å². The van der Waals surface area contributed by atoms with E-state index in [-0.39, 0.29) is 6.42 Å². The van der Waals surface area contributed by atoms with E-state index >= 15 is 0 Å². The Bertz CT molecular complexity index is 1380. The van der Waals surface area contributed by atoms with Crippen LogP contribution < -0.4 is 10.6 Å². The molecule has 10 heteroatoms. The van der Waals surface area contributed by atoms with Crippen molar-refractivity contribution in [1.82, 2.24) is 15.5 Å². The molecule has 0 aliphatic carbocycles. The molecule has 2 rings (SSSR count). The van der Waals surface area contributed by atoms with Gasteiger partial charge in [-0.25, -0.2) is 9.59 Å². The highest BCUT2D eigenvalue weighted by atomic mass is 32.2. The number of benzene rings is 2. The fourth-order valence-electron chi connectivity index (χ4n) is 5.36. The smallest absolute Gasteiger partial charge is 0.408 e. The Hall–Kier alpha value is -3.53. The number of aryl methyl sites for hydroxylation is 2. The van der Waals surface area contributed by atoms with E-state index in [1.807, 2.05) is 89.4 Å². The number of thioether (sulfide) groups is 1. The molecule has 3 atom stereocenters. The summed E-state index contributed by atoms with van der Waals surface area (Å²) in [5.74, 6) is -0.918. The number of hydrogen-bond donors (Lipinski definition) is 2. The number of alkyl carbamates (subject to hydrolysis) is 1. The zero-order valence-electron chi connectivity index (χ0n) is 31.0. The fraction of sp³-hybridized carbons (Fsp3) is 0.579. The monoisotopic (exact) mass is 683 g/mol. The van der Waals surface area contributed by atoms with Crippen LogP contribution in [0.2, 0.25) is 0 Å². The Balaban J connectivity index is 2.76. The molecule has 0 fully saturated rings. The Morgan fingerprint density at radius 2 is 1.35 bits per heavy atom. The first kappa shape index (κ1) is 40.6. The molecule has 0 saturated heterocycles. The Kier molecular flexibility index (Phi) is 14.6. The lowest BCUT2D eigenvalue weighted by Crippen LogP contribution is -2.60. The van der Waals surface area contributed by atoms with Crippen LogP contribution in [0.25, 0.3) is 0 Å². The minimum Gasteiger partial charge on any atom is -0.458 e. The molecular formula is C38H57N3O6S. The standard InChI is InChI=1S/C38H57N3O6S/c1-13-38(10,11)41(33(43)28(22-23-48-12)40-35(45)47-37(7,8)9)31(30-25(2)18-17-19-26(30)3)32(42)39-29(34(44)46-36(4,5)6)24-27-20-15-14-16-21-27/h14-21,28-29,31H,13,22-24H2,1-12H3,(H,39,42)(H,40,45). The highest BCUT2D eigenvalue weighted by Crippen LogP contribution is 2.36. The van der Waals surface area contributed by atoms with E-state index in [0.717, 1.165) is 16.7 Å². The van der Waals surface area contributed by atoms with Crippen molar-refractivity contribution in [2.24, 2.45) is 0 Å². The molecule has 0 aromatic heterocycles. The molecule has 0 saturated carbocycles. The number of carbonyl (C=O) groups excluding carboxylic acids is 4. The summed E-state index contributed by atoms with van der Waals surface area (Å²) < 4.78 is 11.3. The summed E-state index contributed by atoms with van der Waals surface area (Å²) in [5, 5.41) is 5.81. The maximum atomic E-state index is 14.9. The highest BCUT2D eigenvalue weighted by molar-refractivity contribution is 7.98. The summed E-state index contributed by atoms with van der Waals surface area (Å²) in [6.07, 6.45) is 2.25. The molecule has 2 N–H and O–H groups in total. The molecule has 48 heavy (non-hydrogen) atoms. The number of carbonyl (C=O) groups is 4. The average Bonchev–Trinajstić information content (AvgIpc) is 2.96. The third kappa shape index (κ3) is 12.2. The van der Waals surface area contributed by atoms with Gasteiger partial charge < -0.3 is 25.0 Å². The summed E-state index contributed by atoms with van der Waals surface area (Å²) in [6, 6.07) is 12.0. The fourth-order valence-corrected chi connectivity index (χ4v) is 5.83. The van der Waals surface area contributed by atoms with Crippen molar-refractivity contribution in [3.05, 3.63) is 70.8 Å². The van der Waals surface area contributed by atoms with Crippen LogP contribution in [0.1, 0.15) is 103 Å². The van der Waals surface area contributed by atoms with Crippen LogP contribution in [0.5, 0.6) is 0 Å². The summed E-state index contributed by atoms with van der Waals surface area (Å²) in [4.78, 5) is 58.0. The summed E-state index contributed by atoms with van der Waals surface area (Å²) in [6.45, 7) is 20.2. The van der Waals surface area contributed by atoms with Crippen LogP contribution in [-0.4, -0.2) is 69.6 Å². The topological polar surface area (TPSA) is 114 Å². The highest BCUT2D eigenvalue weighted by Gasteiger charge is 2.45. The molecule has 0 heterocycles. The lowest BCUT2D eigenvalue weighted by atomic mass is 9.88. The number of amides is 3. The van der Waals surface area contributed by atoms with E-state index in [9.17, 15) is 19.2 Å². The Labute approximate surface area is 292 Å². The maximum Gasteiger partial charge on any atom is 0.408 e. The van der Waals surface area contributed by atoms with Gasteiger partial charge in [0.25, 0.3) is 0 Å². The lowest BCUT2D eigenvalue weighted by Gasteiger charge is -2.45. The molecule has 0 aliphatic rings. The molecule has 0 spiro atoms. The first-order valence-corrected chi connectivity index (χ1v) is 18.0. The SMILES string of the molecule is CCC(C)(C)N(C(=O)C(CCSC)NC(=O)OC(C)(C)C)C(C(=O)NC(Cc1ccccc1)C(=O)OC(C)(C)C)c1c(C)cccc1C. The largest absolute Gasteiger partial charge is 0.458 e. The molecule has 0 aliphatic heterocycles. The predicted octanol–water partition coefficient (Wildman–Crippen LogP) is 7.08.